The van der Waals surface area contributed by atoms with Crippen molar-refractivity contribution in [2.45, 2.75) is 109 Å². The first-order chi connectivity index (χ1) is 23.5. The molecule has 11 heteroatoms. The molecule has 1 aliphatic heterocycles. The van der Waals surface area contributed by atoms with Crippen LogP contribution < -0.4 is 21.6 Å². The number of nitrogens with zero attached hydrogens (tertiary/aromatic N) is 1. The molecule has 1 aliphatic carbocycles. The summed E-state index contributed by atoms with van der Waals surface area (Å²) in [7, 11) is 0. The fraction of sp³-hybridized carbons (Fsp3) is 0.553. The summed E-state index contributed by atoms with van der Waals surface area (Å²) in [6.45, 7) is 8.17. The van der Waals surface area contributed by atoms with Crippen LogP contribution in [-0.4, -0.2) is 81.9 Å². The molecule has 4 rings (SSSR count). The Labute approximate surface area is 290 Å². The highest BCUT2D eigenvalue weighted by molar-refractivity contribution is 5.96. The van der Waals surface area contributed by atoms with E-state index in [4.69, 9.17) is 4.84 Å². The molecule has 11 nitrogen and oxygen atoms in total. The summed E-state index contributed by atoms with van der Waals surface area (Å²) in [5.41, 5.74) is 2.06. The number of β-amino-alcohol motifs (C(OH)–C–C–N with tert-alkyl or cyclic N) is 1. The zero-order valence-electron chi connectivity index (χ0n) is 29.3. The lowest BCUT2D eigenvalue weighted by Crippen LogP contribution is -2.64. The van der Waals surface area contributed by atoms with Gasteiger partial charge in [-0.15, -0.1) is 0 Å². The summed E-state index contributed by atoms with van der Waals surface area (Å²) in [6.07, 6.45) is 7.81. The predicted molar refractivity (Wildman–Crippen MR) is 189 cm³/mol. The number of aliphatic hydroxyl groups is 1. The van der Waals surface area contributed by atoms with Crippen LogP contribution in [0.25, 0.3) is 6.08 Å². The number of amides is 3. The number of benzene rings is 2. The maximum absolute atomic E-state index is 14.2. The summed E-state index contributed by atoms with van der Waals surface area (Å²) >= 11 is 0. The van der Waals surface area contributed by atoms with Gasteiger partial charge in [-0.3, -0.25) is 29.3 Å². The molecular weight excluding hydrogens is 622 g/mol. The second-order valence-corrected chi connectivity index (χ2v) is 14.1. The van der Waals surface area contributed by atoms with Crippen molar-refractivity contribution in [1.82, 2.24) is 26.5 Å². The van der Waals surface area contributed by atoms with E-state index in [0.29, 0.717) is 24.8 Å². The lowest BCUT2D eigenvalue weighted by molar-refractivity contribution is -0.216. The highest BCUT2D eigenvalue weighted by Crippen LogP contribution is 2.39. The quantitative estimate of drug-likeness (QED) is 0.116. The summed E-state index contributed by atoms with van der Waals surface area (Å²) < 4.78 is 0. The Hall–Kier alpha value is -3.61. The molecule has 2 fully saturated rings. The number of piperidine rings is 1. The molecule has 0 spiro atoms. The number of hydrogen-bond donors (Lipinski definition) is 6. The van der Waals surface area contributed by atoms with E-state index in [2.05, 4.69) is 20.9 Å². The molecule has 1 heterocycles. The second-order valence-electron chi connectivity index (χ2n) is 14.1. The molecule has 268 valence electrons. The summed E-state index contributed by atoms with van der Waals surface area (Å²) in [5.74, 6) is -0.199. The van der Waals surface area contributed by atoms with Crippen LogP contribution in [0.5, 0.6) is 0 Å². The smallest absolute Gasteiger partial charge is 0.245 e. The number of nitrogens with one attached hydrogen (secondary N) is 4. The zero-order valence-corrected chi connectivity index (χ0v) is 29.3. The van der Waals surface area contributed by atoms with Crippen LogP contribution in [0.1, 0.15) is 77.3 Å². The van der Waals surface area contributed by atoms with Crippen molar-refractivity contribution in [3.8, 4) is 0 Å². The van der Waals surface area contributed by atoms with Gasteiger partial charge in [0.1, 0.15) is 11.6 Å². The van der Waals surface area contributed by atoms with E-state index >= 15 is 0 Å². The van der Waals surface area contributed by atoms with Crippen LogP contribution in [0.4, 0.5) is 0 Å². The summed E-state index contributed by atoms with van der Waals surface area (Å²) in [6, 6.07) is 16.5. The number of hydrogen-bond acceptors (Lipinski definition) is 8. The molecule has 7 atom stereocenters. The third kappa shape index (κ3) is 10.9. The Morgan fingerprint density at radius 1 is 0.980 bits per heavy atom. The van der Waals surface area contributed by atoms with E-state index in [1.54, 1.807) is 25.6 Å². The van der Waals surface area contributed by atoms with E-state index in [-0.39, 0.29) is 31.0 Å². The molecule has 0 bridgehead atoms. The average Bonchev–Trinajstić information content (AvgIpc) is 3.09. The molecule has 1 saturated carbocycles. The van der Waals surface area contributed by atoms with Crippen LogP contribution >= 0.6 is 0 Å². The van der Waals surface area contributed by atoms with E-state index < -0.39 is 35.6 Å². The first kappa shape index (κ1) is 38.2. The van der Waals surface area contributed by atoms with Gasteiger partial charge in [0.15, 0.2) is 0 Å². The third-order valence-electron chi connectivity index (χ3n) is 10.1. The Morgan fingerprint density at radius 3 is 2.27 bits per heavy atom. The first-order valence-corrected chi connectivity index (χ1v) is 17.7. The molecule has 3 amide bonds. The van der Waals surface area contributed by atoms with Gasteiger partial charge < -0.3 is 21.1 Å². The standard InChI is InChI=1S/C38H55N5O6/c1-5-38(4,49-42-48)35(41-34(45)21-20-27-14-8-6-9-15-27)37(47)40-31(22-28-16-10-7-11-17-28)33(44)25-43-24-30-19-13-12-18-29(30)23-32(43)36(46)39-26(2)3/h6-11,14-17,20-21,26,29-33,35,42,44,48H,5,12-13,18-19,22-25H2,1-4H3,(H,39,46)(H,40,47)(H,41,45)/b21-20+/t29?,30?,31?,32?,33?,35-,38?/m1/s1. The van der Waals surface area contributed by atoms with Gasteiger partial charge in [0.2, 0.25) is 17.7 Å². The van der Waals surface area contributed by atoms with Crippen LogP contribution in [0.15, 0.2) is 66.7 Å². The largest absolute Gasteiger partial charge is 0.390 e. The van der Waals surface area contributed by atoms with Crippen LogP contribution in [-0.2, 0) is 25.6 Å². The van der Waals surface area contributed by atoms with Gasteiger partial charge in [-0.05, 0) is 75.5 Å². The molecule has 49 heavy (non-hydrogen) atoms. The number of aliphatic hydroxyl groups excluding tert-OH is 1. The molecular formula is C38H55N5O6. The van der Waals surface area contributed by atoms with E-state index in [1.165, 1.54) is 18.9 Å². The zero-order chi connectivity index (χ0) is 35.4. The Kier molecular flexibility index (Phi) is 14.3. The van der Waals surface area contributed by atoms with Gasteiger partial charge in [0.05, 0.1) is 18.2 Å². The molecule has 0 aromatic heterocycles. The lowest BCUT2D eigenvalue weighted by Gasteiger charge is -2.46. The van der Waals surface area contributed by atoms with E-state index in [0.717, 1.165) is 30.4 Å². The summed E-state index contributed by atoms with van der Waals surface area (Å²) in [4.78, 5) is 48.3. The van der Waals surface area contributed by atoms with Gasteiger partial charge in [0.25, 0.3) is 0 Å². The number of rotatable bonds is 16. The highest BCUT2D eigenvalue weighted by atomic mass is 16.8. The van der Waals surface area contributed by atoms with Crippen LogP contribution in [0.2, 0.25) is 0 Å². The van der Waals surface area contributed by atoms with Crippen molar-refractivity contribution in [2.24, 2.45) is 11.8 Å². The number of fused-ring (bicyclic) bond motifs is 1. The minimum Gasteiger partial charge on any atom is -0.390 e. The maximum Gasteiger partial charge on any atom is 0.245 e. The minimum absolute atomic E-state index is 0.00772. The third-order valence-corrected chi connectivity index (χ3v) is 10.1. The minimum atomic E-state index is -1.36. The normalized spacial score (nSPS) is 22.8. The molecule has 6 unspecified atom stereocenters. The topological polar surface area (TPSA) is 152 Å². The first-order valence-electron chi connectivity index (χ1n) is 17.7. The second kappa shape index (κ2) is 18.4. The van der Waals surface area contributed by atoms with Crippen molar-refractivity contribution in [3.05, 3.63) is 77.9 Å². The Morgan fingerprint density at radius 2 is 1.63 bits per heavy atom. The van der Waals surface area contributed by atoms with Crippen LogP contribution in [0.3, 0.4) is 0 Å². The number of carbonyl (C=O) groups is 3. The fourth-order valence-corrected chi connectivity index (χ4v) is 7.20. The molecule has 2 aromatic rings. The van der Waals surface area contributed by atoms with Gasteiger partial charge >= 0.3 is 0 Å². The molecule has 2 aromatic carbocycles. The van der Waals surface area contributed by atoms with Gasteiger partial charge in [-0.25, -0.2) is 0 Å². The lowest BCUT2D eigenvalue weighted by atomic mass is 9.72. The molecule has 1 saturated heterocycles. The van der Waals surface area contributed by atoms with Crippen molar-refractivity contribution in [1.29, 1.82) is 0 Å². The van der Waals surface area contributed by atoms with Crippen molar-refractivity contribution >= 4 is 23.8 Å². The van der Waals surface area contributed by atoms with Crippen LogP contribution in [0, 0.1) is 11.8 Å². The monoisotopic (exact) mass is 677 g/mol. The maximum atomic E-state index is 14.2. The Bertz CT molecular complexity index is 1380. The van der Waals surface area contributed by atoms with Crippen molar-refractivity contribution < 1.29 is 29.5 Å². The number of likely N-dealkylation sites (tertiary alicyclic amines) is 1. The van der Waals surface area contributed by atoms with E-state index in [9.17, 15) is 24.7 Å². The predicted octanol–water partition coefficient (Wildman–Crippen LogP) is 3.76. The average molecular weight is 678 g/mol. The highest BCUT2D eigenvalue weighted by Gasteiger charge is 2.44. The molecule has 0 radical (unpaired) electrons. The van der Waals surface area contributed by atoms with Gasteiger partial charge in [0, 0.05) is 25.2 Å². The SMILES string of the molecule is CCC(C)(ONO)[C@H](NC(=O)/C=C/c1ccccc1)C(=O)NC(Cc1ccccc1)C(O)CN1CC2CCCCC2CC1C(=O)NC(C)C. The van der Waals surface area contributed by atoms with E-state index in [1.807, 2.05) is 74.5 Å². The van der Waals surface area contributed by atoms with Crippen molar-refractivity contribution in [3.63, 3.8) is 0 Å². The molecule has 2 aliphatic rings. The van der Waals surface area contributed by atoms with Gasteiger partial charge in [-0.1, -0.05) is 92.5 Å². The summed E-state index contributed by atoms with van der Waals surface area (Å²) in [5, 5.41) is 30.3. The number of carbonyl (C=O) groups excluding carboxylic acids is 3. The molecule has 6 N–H and O–H groups in total. The van der Waals surface area contributed by atoms with Crippen molar-refractivity contribution in [2.75, 3.05) is 13.1 Å². The fourth-order valence-electron chi connectivity index (χ4n) is 7.20. The van der Waals surface area contributed by atoms with Gasteiger partial charge in [-0.2, -0.15) is 0 Å². The Balaban J connectivity index is 1.58.